The third-order valence-corrected chi connectivity index (χ3v) is 5.80. The zero-order valence-corrected chi connectivity index (χ0v) is 15.8. The molecule has 0 saturated heterocycles. The van der Waals surface area contributed by atoms with Gasteiger partial charge < -0.3 is 5.32 Å². The summed E-state index contributed by atoms with van der Waals surface area (Å²) in [5.41, 5.74) is 2.55. The molecular formula is C20H22FN3OS. The Morgan fingerprint density at radius 1 is 1.50 bits per heavy atom. The smallest absolute Gasteiger partial charge is 0.239 e. The van der Waals surface area contributed by atoms with Crippen LogP contribution in [0.4, 0.5) is 9.39 Å². The quantitative estimate of drug-likeness (QED) is 0.866. The van der Waals surface area contributed by atoms with Gasteiger partial charge in [0.1, 0.15) is 16.9 Å². The average Bonchev–Trinajstić information content (AvgIpc) is 2.90. The summed E-state index contributed by atoms with van der Waals surface area (Å²) < 4.78 is 13.3. The molecule has 1 aliphatic rings. The van der Waals surface area contributed by atoms with Gasteiger partial charge in [-0.1, -0.05) is 19.1 Å². The first kappa shape index (κ1) is 18.6. The SMILES string of the molecule is C[C@H]1CCc2c(sc(NC(=O)CN(C)Cc3cccc(F)c3)c2C#N)C1. The molecule has 26 heavy (non-hydrogen) atoms. The van der Waals surface area contributed by atoms with E-state index >= 15 is 0 Å². The van der Waals surface area contributed by atoms with Gasteiger partial charge in [-0.15, -0.1) is 11.3 Å². The van der Waals surface area contributed by atoms with Crippen LogP contribution in [0.5, 0.6) is 0 Å². The molecule has 0 bridgehead atoms. The first-order chi connectivity index (χ1) is 12.5. The first-order valence-corrected chi connectivity index (χ1v) is 9.55. The molecular weight excluding hydrogens is 349 g/mol. The highest BCUT2D eigenvalue weighted by atomic mass is 32.1. The van der Waals surface area contributed by atoms with Gasteiger partial charge in [-0.05, 0) is 55.5 Å². The third kappa shape index (κ3) is 4.29. The van der Waals surface area contributed by atoms with Gasteiger partial charge in [0.25, 0.3) is 0 Å². The largest absolute Gasteiger partial charge is 0.315 e. The van der Waals surface area contributed by atoms with E-state index in [1.165, 1.54) is 28.3 Å². The molecule has 3 rings (SSSR count). The molecule has 0 spiro atoms. The number of rotatable bonds is 5. The average molecular weight is 371 g/mol. The predicted molar refractivity (Wildman–Crippen MR) is 102 cm³/mol. The van der Waals surface area contributed by atoms with Gasteiger partial charge in [-0.25, -0.2) is 4.39 Å². The number of nitrogens with zero attached hydrogens (tertiary/aromatic N) is 2. The Labute approximate surface area is 157 Å². The van der Waals surface area contributed by atoms with Crippen molar-refractivity contribution in [2.75, 3.05) is 18.9 Å². The number of benzene rings is 1. The molecule has 1 atom stereocenters. The maximum atomic E-state index is 13.3. The summed E-state index contributed by atoms with van der Waals surface area (Å²) in [5, 5.41) is 13.1. The van der Waals surface area contributed by atoms with Crippen LogP contribution in [-0.2, 0) is 24.2 Å². The van der Waals surface area contributed by atoms with Crippen LogP contribution in [0.1, 0.15) is 34.9 Å². The zero-order valence-electron chi connectivity index (χ0n) is 15.0. The summed E-state index contributed by atoms with van der Waals surface area (Å²) in [6.45, 7) is 2.88. The molecule has 0 fully saturated rings. The van der Waals surface area contributed by atoms with Crippen LogP contribution in [0.15, 0.2) is 24.3 Å². The fourth-order valence-corrected chi connectivity index (χ4v) is 4.75. The number of fused-ring (bicyclic) bond motifs is 1. The Morgan fingerprint density at radius 3 is 3.04 bits per heavy atom. The van der Waals surface area contributed by atoms with E-state index in [1.54, 1.807) is 6.07 Å². The molecule has 1 N–H and O–H groups in total. The zero-order chi connectivity index (χ0) is 18.7. The maximum absolute atomic E-state index is 13.3. The second-order valence-electron chi connectivity index (χ2n) is 7.02. The molecule has 1 aliphatic carbocycles. The van der Waals surface area contributed by atoms with E-state index in [2.05, 4.69) is 18.3 Å². The van der Waals surface area contributed by atoms with E-state index in [9.17, 15) is 14.4 Å². The number of anilines is 1. The van der Waals surface area contributed by atoms with Crippen molar-refractivity contribution in [1.29, 1.82) is 5.26 Å². The second-order valence-corrected chi connectivity index (χ2v) is 8.12. The van der Waals surface area contributed by atoms with E-state index in [4.69, 9.17) is 0 Å². The van der Waals surface area contributed by atoms with Gasteiger partial charge >= 0.3 is 0 Å². The fourth-order valence-electron chi connectivity index (χ4n) is 3.37. The lowest BCUT2D eigenvalue weighted by molar-refractivity contribution is -0.117. The lowest BCUT2D eigenvalue weighted by Crippen LogP contribution is -2.29. The normalized spacial score (nSPS) is 16.2. The van der Waals surface area contributed by atoms with Crippen molar-refractivity contribution in [1.82, 2.24) is 4.90 Å². The van der Waals surface area contributed by atoms with Crippen molar-refractivity contribution < 1.29 is 9.18 Å². The highest BCUT2D eigenvalue weighted by Gasteiger charge is 2.24. The summed E-state index contributed by atoms with van der Waals surface area (Å²) in [6, 6.07) is 8.63. The van der Waals surface area contributed by atoms with Crippen LogP contribution in [-0.4, -0.2) is 24.4 Å². The molecule has 4 nitrogen and oxygen atoms in total. The van der Waals surface area contributed by atoms with Gasteiger partial charge in [0.15, 0.2) is 0 Å². The van der Waals surface area contributed by atoms with Crippen molar-refractivity contribution in [2.45, 2.75) is 32.7 Å². The summed E-state index contributed by atoms with van der Waals surface area (Å²) in [4.78, 5) is 15.4. The van der Waals surface area contributed by atoms with Gasteiger partial charge in [-0.3, -0.25) is 9.69 Å². The number of nitriles is 1. The molecule has 0 saturated carbocycles. The minimum atomic E-state index is -0.280. The predicted octanol–water partition coefficient (Wildman–Crippen LogP) is 3.95. The number of halogens is 1. The summed E-state index contributed by atoms with van der Waals surface area (Å²) in [6.07, 6.45) is 2.97. The number of hydrogen-bond acceptors (Lipinski definition) is 4. The van der Waals surface area contributed by atoms with Gasteiger partial charge in [0.05, 0.1) is 12.1 Å². The third-order valence-electron chi connectivity index (χ3n) is 4.63. The van der Waals surface area contributed by atoms with Crippen molar-refractivity contribution in [2.24, 2.45) is 5.92 Å². The molecule has 2 aromatic rings. The van der Waals surface area contributed by atoms with E-state index in [0.29, 0.717) is 23.0 Å². The number of nitrogens with one attached hydrogen (secondary N) is 1. The Bertz CT molecular complexity index is 855. The second kappa shape index (κ2) is 7.98. The molecule has 1 aromatic carbocycles. The molecule has 1 heterocycles. The van der Waals surface area contributed by atoms with Crippen LogP contribution in [0.2, 0.25) is 0 Å². The van der Waals surface area contributed by atoms with Crippen LogP contribution in [0.3, 0.4) is 0 Å². The highest BCUT2D eigenvalue weighted by Crippen LogP contribution is 2.39. The van der Waals surface area contributed by atoms with Crippen molar-refractivity contribution >= 4 is 22.2 Å². The summed E-state index contributed by atoms with van der Waals surface area (Å²) in [5.74, 6) is 0.179. The number of carbonyl (C=O) groups excluding carboxylic acids is 1. The van der Waals surface area contributed by atoms with E-state index in [1.807, 2.05) is 18.0 Å². The molecule has 1 aromatic heterocycles. The van der Waals surface area contributed by atoms with Crippen LogP contribution >= 0.6 is 11.3 Å². The van der Waals surface area contributed by atoms with Crippen molar-refractivity contribution in [3.05, 3.63) is 51.7 Å². The van der Waals surface area contributed by atoms with Crippen LogP contribution in [0.25, 0.3) is 0 Å². The molecule has 136 valence electrons. The Hall–Kier alpha value is -2.23. The molecule has 0 radical (unpaired) electrons. The number of thiophene rings is 1. The monoisotopic (exact) mass is 371 g/mol. The fraction of sp³-hybridized carbons (Fsp3) is 0.400. The standard InChI is InChI=1S/C20H22FN3OS/c1-13-6-7-16-17(10-22)20(26-18(16)8-13)23-19(25)12-24(2)11-14-4-3-5-15(21)9-14/h3-5,9,13H,6-8,11-12H2,1-2H3,(H,23,25)/t13-/m0/s1. The highest BCUT2D eigenvalue weighted by molar-refractivity contribution is 7.16. The van der Waals surface area contributed by atoms with E-state index < -0.39 is 0 Å². The van der Waals surface area contributed by atoms with E-state index in [0.717, 1.165) is 30.4 Å². The van der Waals surface area contributed by atoms with Crippen molar-refractivity contribution in [3.8, 4) is 6.07 Å². The molecule has 0 aliphatic heterocycles. The Kier molecular flexibility index (Phi) is 5.70. The van der Waals surface area contributed by atoms with Gasteiger partial charge in [-0.2, -0.15) is 5.26 Å². The topological polar surface area (TPSA) is 56.1 Å². The number of amides is 1. The number of hydrogen-bond donors (Lipinski definition) is 1. The lowest BCUT2D eigenvalue weighted by atomic mass is 9.89. The molecule has 1 amide bonds. The Morgan fingerprint density at radius 2 is 2.31 bits per heavy atom. The minimum absolute atomic E-state index is 0.160. The summed E-state index contributed by atoms with van der Waals surface area (Å²) in [7, 11) is 1.82. The molecule has 0 unspecified atom stereocenters. The van der Waals surface area contributed by atoms with Gasteiger partial charge in [0, 0.05) is 11.4 Å². The number of likely N-dealkylation sites (N-methyl/N-ethyl adjacent to an activating group) is 1. The van der Waals surface area contributed by atoms with Crippen LogP contribution < -0.4 is 5.32 Å². The lowest BCUT2D eigenvalue weighted by Gasteiger charge is -2.17. The van der Waals surface area contributed by atoms with Crippen molar-refractivity contribution in [3.63, 3.8) is 0 Å². The first-order valence-electron chi connectivity index (χ1n) is 8.73. The maximum Gasteiger partial charge on any atom is 0.239 e. The Balaban J connectivity index is 1.64. The molecule has 6 heteroatoms. The van der Waals surface area contributed by atoms with Crippen LogP contribution in [0, 0.1) is 23.1 Å². The summed E-state index contributed by atoms with van der Waals surface area (Å²) >= 11 is 1.53. The minimum Gasteiger partial charge on any atom is -0.315 e. The van der Waals surface area contributed by atoms with Gasteiger partial charge in [0.2, 0.25) is 5.91 Å². The number of carbonyl (C=O) groups is 1. The van der Waals surface area contributed by atoms with E-state index in [-0.39, 0.29) is 18.3 Å².